The summed E-state index contributed by atoms with van der Waals surface area (Å²) in [6, 6.07) is 7.86. The lowest BCUT2D eigenvalue weighted by molar-refractivity contribution is -0.124. The van der Waals surface area contributed by atoms with Crippen LogP contribution in [0, 0.1) is 0 Å². The second kappa shape index (κ2) is 10.3. The van der Waals surface area contributed by atoms with Crippen LogP contribution >= 0.6 is 10.6 Å². The van der Waals surface area contributed by atoms with Crippen LogP contribution in [0.5, 0.6) is 0 Å². The molecule has 1 aromatic rings. The molecule has 0 atom stereocenters. The zero-order chi connectivity index (χ0) is 21.6. The van der Waals surface area contributed by atoms with E-state index in [2.05, 4.69) is 10.2 Å². The van der Waals surface area contributed by atoms with Gasteiger partial charge in [0.15, 0.2) is 0 Å². The first-order valence-electron chi connectivity index (χ1n) is 10.1. The summed E-state index contributed by atoms with van der Waals surface area (Å²) < 4.78 is 19.3. The fourth-order valence-electron chi connectivity index (χ4n) is 3.78. The van der Waals surface area contributed by atoms with Crippen molar-refractivity contribution in [2.45, 2.75) is 18.9 Å². The molecule has 2 fully saturated rings. The number of carbonyl (C=O) groups excluding carboxylic acids is 2. The first-order chi connectivity index (χ1) is 14.4. The van der Waals surface area contributed by atoms with E-state index in [9.17, 15) is 18.7 Å². The van der Waals surface area contributed by atoms with Gasteiger partial charge in [-0.15, -0.1) is 0 Å². The van der Waals surface area contributed by atoms with E-state index in [-0.39, 0.29) is 18.5 Å². The molecule has 9 nitrogen and oxygen atoms in total. The third-order valence-electron chi connectivity index (χ3n) is 5.50. The molecule has 0 aromatic heterocycles. The number of para-hydroxylation sites is 1. The van der Waals surface area contributed by atoms with Crippen molar-refractivity contribution in [3.05, 3.63) is 35.9 Å². The number of hydrogen-bond acceptors (Lipinski definition) is 7. The van der Waals surface area contributed by atoms with E-state index in [0.717, 1.165) is 37.2 Å². The van der Waals surface area contributed by atoms with Crippen LogP contribution in [-0.2, 0) is 9.59 Å². The third-order valence-corrected chi connectivity index (χ3v) is 7.17. The molecule has 2 amide bonds. The molecule has 5 N–H and O–H groups in total. The molecule has 0 unspecified atom stereocenters. The van der Waals surface area contributed by atoms with Crippen molar-refractivity contribution < 1.29 is 23.9 Å². The van der Waals surface area contributed by atoms with Crippen LogP contribution < -0.4 is 15.7 Å². The highest BCUT2D eigenvalue weighted by Gasteiger charge is 2.26. The Bertz CT molecular complexity index is 770. The number of benzene rings is 1. The number of rotatable bonds is 6. The minimum atomic E-state index is -2.44. The van der Waals surface area contributed by atoms with Gasteiger partial charge in [0.25, 0.3) is 5.91 Å². The van der Waals surface area contributed by atoms with E-state index in [1.807, 2.05) is 29.2 Å². The normalized spacial score (nSPS) is 21.4. The van der Waals surface area contributed by atoms with Crippen molar-refractivity contribution in [1.82, 2.24) is 15.7 Å². The van der Waals surface area contributed by atoms with Gasteiger partial charge in [-0.1, -0.05) is 18.2 Å². The molecule has 166 valence electrons. The zero-order valence-electron chi connectivity index (χ0n) is 16.9. The van der Waals surface area contributed by atoms with Crippen molar-refractivity contribution in [2.24, 2.45) is 0 Å². The smallest absolute Gasteiger partial charge is 0.267 e. The van der Waals surface area contributed by atoms with Crippen molar-refractivity contribution in [3.8, 4) is 0 Å². The Morgan fingerprint density at radius 2 is 1.77 bits per heavy atom. The summed E-state index contributed by atoms with van der Waals surface area (Å²) in [5.74, 6) is 0.0779. The van der Waals surface area contributed by atoms with Crippen molar-refractivity contribution in [1.29, 1.82) is 0 Å². The highest BCUT2D eigenvalue weighted by Crippen LogP contribution is 2.40. The van der Waals surface area contributed by atoms with Gasteiger partial charge >= 0.3 is 0 Å². The first-order valence-corrected chi connectivity index (χ1v) is 12.0. The predicted octanol–water partition coefficient (Wildman–Crippen LogP) is 1.36. The molecule has 10 heteroatoms. The molecular weight excluding hydrogens is 408 g/mol. The van der Waals surface area contributed by atoms with Gasteiger partial charge in [0.05, 0.1) is 18.1 Å². The molecule has 0 aliphatic carbocycles. The number of amides is 2. The summed E-state index contributed by atoms with van der Waals surface area (Å²) in [5, 5.41) is 11.7. The summed E-state index contributed by atoms with van der Waals surface area (Å²) in [7, 11) is -2.44. The highest BCUT2D eigenvalue weighted by atomic mass is 32.3. The van der Waals surface area contributed by atoms with E-state index in [1.54, 1.807) is 11.6 Å². The van der Waals surface area contributed by atoms with E-state index in [1.165, 1.54) is 6.08 Å². The van der Waals surface area contributed by atoms with E-state index >= 15 is 0 Å². The van der Waals surface area contributed by atoms with Crippen LogP contribution in [0.25, 0.3) is 6.08 Å². The lowest BCUT2D eigenvalue weighted by Gasteiger charge is -2.41. The molecule has 1 aromatic carbocycles. The van der Waals surface area contributed by atoms with Gasteiger partial charge in [0, 0.05) is 44.0 Å². The van der Waals surface area contributed by atoms with Crippen molar-refractivity contribution in [2.75, 3.05) is 49.1 Å². The van der Waals surface area contributed by atoms with Gasteiger partial charge in [-0.2, -0.15) is 10.6 Å². The Labute approximate surface area is 178 Å². The Kier molecular flexibility index (Phi) is 7.73. The van der Waals surface area contributed by atoms with Gasteiger partial charge in [-0.3, -0.25) is 28.8 Å². The quantitative estimate of drug-likeness (QED) is 0.258. The van der Waals surface area contributed by atoms with Crippen LogP contribution in [-0.4, -0.2) is 81.3 Å². The Morgan fingerprint density at radius 1 is 1.10 bits per heavy atom. The predicted molar refractivity (Wildman–Crippen MR) is 118 cm³/mol. The van der Waals surface area contributed by atoms with Crippen LogP contribution in [0.4, 0.5) is 5.69 Å². The molecule has 2 heterocycles. The maximum atomic E-state index is 12.4. The summed E-state index contributed by atoms with van der Waals surface area (Å²) in [6.07, 6.45) is 4.59. The highest BCUT2D eigenvalue weighted by molar-refractivity contribution is 8.24. The lowest BCUT2D eigenvalue weighted by atomic mass is 10.0. The van der Waals surface area contributed by atoms with E-state index in [4.69, 9.17) is 5.21 Å². The standard InChI is InChI=1S/C20H30N4O5S/c25-19(22-27)6-5-16-3-1-2-4-18(16)24-9-7-17(8-10-24)21-20(26)15-23-11-13-30(28,29)14-12-23/h1-6,17,27-29H,7-15H2,(H,21,26)(H,22,25)/b6-5+. The van der Waals surface area contributed by atoms with Crippen molar-refractivity contribution >= 4 is 34.2 Å². The van der Waals surface area contributed by atoms with Gasteiger partial charge in [0.2, 0.25) is 5.91 Å². The van der Waals surface area contributed by atoms with Crippen LogP contribution in [0.3, 0.4) is 0 Å². The van der Waals surface area contributed by atoms with Crippen molar-refractivity contribution in [3.63, 3.8) is 0 Å². The van der Waals surface area contributed by atoms with Crippen LogP contribution in [0.2, 0.25) is 0 Å². The van der Waals surface area contributed by atoms with Crippen LogP contribution in [0.15, 0.2) is 30.3 Å². The number of nitrogens with one attached hydrogen (secondary N) is 2. The molecule has 0 bridgehead atoms. The summed E-state index contributed by atoms with van der Waals surface area (Å²) >= 11 is 0. The number of nitrogens with zero attached hydrogens (tertiary/aromatic N) is 2. The lowest BCUT2D eigenvalue weighted by Crippen LogP contribution is -2.49. The molecule has 2 aliphatic rings. The zero-order valence-corrected chi connectivity index (χ0v) is 17.7. The summed E-state index contributed by atoms with van der Waals surface area (Å²) in [6.45, 7) is 2.93. The number of piperidine rings is 1. The number of anilines is 1. The SMILES string of the molecule is O=C(/C=C/c1ccccc1N1CCC(NC(=O)CN2CCS(O)(O)CC2)CC1)NO. The second-order valence-corrected chi connectivity index (χ2v) is 10.1. The summed E-state index contributed by atoms with van der Waals surface area (Å²) in [4.78, 5) is 27.8. The topological polar surface area (TPSA) is 125 Å². The second-order valence-electron chi connectivity index (χ2n) is 7.68. The molecule has 0 radical (unpaired) electrons. The van der Waals surface area contributed by atoms with E-state index < -0.39 is 16.5 Å². The molecule has 30 heavy (non-hydrogen) atoms. The van der Waals surface area contributed by atoms with E-state index in [0.29, 0.717) is 24.6 Å². The Morgan fingerprint density at radius 3 is 2.43 bits per heavy atom. The molecule has 2 aliphatic heterocycles. The Balaban J connectivity index is 1.48. The van der Waals surface area contributed by atoms with Gasteiger partial charge in [-0.25, -0.2) is 5.48 Å². The van der Waals surface area contributed by atoms with Gasteiger partial charge in [0.1, 0.15) is 0 Å². The maximum absolute atomic E-state index is 12.4. The fourth-order valence-corrected chi connectivity index (χ4v) is 5.09. The fraction of sp³-hybridized carbons (Fsp3) is 0.500. The van der Waals surface area contributed by atoms with Crippen LogP contribution in [0.1, 0.15) is 18.4 Å². The number of hydrogen-bond donors (Lipinski definition) is 5. The monoisotopic (exact) mass is 438 g/mol. The minimum absolute atomic E-state index is 0.0230. The molecule has 0 saturated carbocycles. The molecular formula is C20H30N4O5S. The van der Waals surface area contributed by atoms with Gasteiger partial charge in [-0.05, 0) is 30.5 Å². The summed E-state index contributed by atoms with van der Waals surface area (Å²) in [5.41, 5.74) is 3.48. The average molecular weight is 439 g/mol. The maximum Gasteiger partial charge on any atom is 0.267 e. The minimum Gasteiger partial charge on any atom is -0.371 e. The molecule has 0 spiro atoms. The molecule has 3 rings (SSSR count). The third kappa shape index (κ3) is 6.44. The Hall–Kier alpha value is -2.11. The number of hydroxylamine groups is 1. The molecule has 2 saturated heterocycles. The number of carbonyl (C=O) groups is 2. The van der Waals surface area contributed by atoms with Gasteiger partial charge < -0.3 is 10.2 Å². The average Bonchev–Trinajstić information content (AvgIpc) is 2.74. The largest absolute Gasteiger partial charge is 0.371 e. The first kappa shape index (κ1) is 22.6.